The van der Waals surface area contributed by atoms with Crippen molar-refractivity contribution in [3.05, 3.63) is 65.2 Å². The van der Waals surface area contributed by atoms with Crippen molar-refractivity contribution in [3.63, 3.8) is 0 Å². The van der Waals surface area contributed by atoms with Crippen LogP contribution in [0.4, 0.5) is 5.69 Å². The lowest BCUT2D eigenvalue weighted by atomic mass is 10.1. The van der Waals surface area contributed by atoms with Crippen LogP contribution in [0.1, 0.15) is 39.1 Å². The standard InChI is InChI=1S/C24H27N3O4/c1-17-9-10-19(16-20(17)25-22(28)18-6-3-2-4-7-18)23(29)26-11-13-27(14-12-26)24(30)21-8-5-15-31-21/h2-4,6-7,9-10,16,21H,5,8,11-15H2,1H3,(H,25,28). The number of carbonyl (C=O) groups is 3. The number of aryl methyl sites for hydroxylation is 1. The fourth-order valence-corrected chi connectivity index (χ4v) is 3.96. The lowest BCUT2D eigenvalue weighted by molar-refractivity contribution is -0.142. The largest absolute Gasteiger partial charge is 0.368 e. The second-order valence-corrected chi connectivity index (χ2v) is 7.97. The van der Waals surface area contributed by atoms with Gasteiger partial charge < -0.3 is 19.9 Å². The van der Waals surface area contributed by atoms with Crippen LogP contribution in [0.5, 0.6) is 0 Å². The minimum Gasteiger partial charge on any atom is -0.368 e. The Hall–Kier alpha value is -3.19. The van der Waals surface area contributed by atoms with Gasteiger partial charge in [-0.05, 0) is 49.6 Å². The average Bonchev–Trinajstić information content (AvgIpc) is 3.35. The number of carbonyl (C=O) groups excluding carboxylic acids is 3. The zero-order valence-electron chi connectivity index (χ0n) is 17.7. The molecule has 2 heterocycles. The summed E-state index contributed by atoms with van der Waals surface area (Å²) in [5, 5.41) is 2.90. The van der Waals surface area contributed by atoms with E-state index in [1.165, 1.54) is 0 Å². The summed E-state index contributed by atoms with van der Waals surface area (Å²) in [6.07, 6.45) is 1.37. The maximum atomic E-state index is 13.0. The molecule has 2 aromatic rings. The van der Waals surface area contributed by atoms with E-state index < -0.39 is 0 Å². The molecule has 162 valence electrons. The second kappa shape index (κ2) is 9.31. The van der Waals surface area contributed by atoms with Crippen LogP contribution in [-0.4, -0.2) is 66.4 Å². The van der Waals surface area contributed by atoms with E-state index in [2.05, 4.69) is 5.32 Å². The number of nitrogens with zero attached hydrogens (tertiary/aromatic N) is 2. The Bertz CT molecular complexity index is 962. The van der Waals surface area contributed by atoms with E-state index in [1.54, 1.807) is 34.1 Å². The highest BCUT2D eigenvalue weighted by Crippen LogP contribution is 2.21. The van der Waals surface area contributed by atoms with Crippen molar-refractivity contribution in [2.45, 2.75) is 25.9 Å². The van der Waals surface area contributed by atoms with Gasteiger partial charge in [-0.2, -0.15) is 0 Å². The van der Waals surface area contributed by atoms with Gasteiger partial charge in [0, 0.05) is 49.6 Å². The summed E-state index contributed by atoms with van der Waals surface area (Å²) >= 11 is 0. The maximum Gasteiger partial charge on any atom is 0.255 e. The minimum atomic E-state index is -0.324. The number of rotatable bonds is 4. The zero-order valence-corrected chi connectivity index (χ0v) is 17.7. The van der Waals surface area contributed by atoms with Gasteiger partial charge in [-0.1, -0.05) is 24.3 Å². The van der Waals surface area contributed by atoms with Gasteiger partial charge in [-0.25, -0.2) is 0 Å². The molecule has 0 bridgehead atoms. The number of ether oxygens (including phenoxy) is 1. The van der Waals surface area contributed by atoms with Crippen molar-refractivity contribution in [2.24, 2.45) is 0 Å². The predicted molar refractivity (Wildman–Crippen MR) is 117 cm³/mol. The molecule has 7 nitrogen and oxygen atoms in total. The first-order chi connectivity index (χ1) is 15.0. The Morgan fingerprint density at radius 2 is 1.65 bits per heavy atom. The van der Waals surface area contributed by atoms with E-state index in [0.717, 1.165) is 18.4 Å². The monoisotopic (exact) mass is 421 g/mol. The SMILES string of the molecule is Cc1ccc(C(=O)N2CCN(C(=O)C3CCCO3)CC2)cc1NC(=O)c1ccccc1. The van der Waals surface area contributed by atoms with Gasteiger partial charge >= 0.3 is 0 Å². The molecule has 1 unspecified atom stereocenters. The third-order valence-electron chi connectivity index (χ3n) is 5.85. The first-order valence-electron chi connectivity index (χ1n) is 10.7. The molecule has 2 aliphatic rings. The Kier molecular flexibility index (Phi) is 6.32. The van der Waals surface area contributed by atoms with Gasteiger partial charge in [0.1, 0.15) is 6.10 Å². The quantitative estimate of drug-likeness (QED) is 0.823. The summed E-state index contributed by atoms with van der Waals surface area (Å²) in [5.41, 5.74) is 2.58. The Morgan fingerprint density at radius 3 is 2.32 bits per heavy atom. The molecule has 31 heavy (non-hydrogen) atoms. The highest BCUT2D eigenvalue weighted by molar-refractivity contribution is 6.05. The number of nitrogens with one attached hydrogen (secondary N) is 1. The smallest absolute Gasteiger partial charge is 0.255 e. The third kappa shape index (κ3) is 4.77. The van der Waals surface area contributed by atoms with Crippen LogP contribution >= 0.6 is 0 Å². The van der Waals surface area contributed by atoms with E-state index in [-0.39, 0.29) is 23.8 Å². The molecule has 0 spiro atoms. The number of amides is 3. The van der Waals surface area contributed by atoms with Crippen LogP contribution < -0.4 is 5.32 Å². The fourth-order valence-electron chi connectivity index (χ4n) is 3.96. The van der Waals surface area contributed by atoms with Crippen LogP contribution in [0, 0.1) is 6.92 Å². The van der Waals surface area contributed by atoms with E-state index >= 15 is 0 Å². The van der Waals surface area contributed by atoms with Crippen LogP contribution in [-0.2, 0) is 9.53 Å². The summed E-state index contributed by atoms with van der Waals surface area (Å²) in [7, 11) is 0. The average molecular weight is 421 g/mol. The number of hydrogen-bond acceptors (Lipinski definition) is 4. The summed E-state index contributed by atoms with van der Waals surface area (Å²) in [6, 6.07) is 14.3. The Morgan fingerprint density at radius 1 is 0.935 bits per heavy atom. The number of hydrogen-bond donors (Lipinski definition) is 1. The van der Waals surface area contributed by atoms with E-state index in [1.807, 2.05) is 31.2 Å². The van der Waals surface area contributed by atoms with E-state index in [4.69, 9.17) is 4.74 Å². The summed E-state index contributed by atoms with van der Waals surface area (Å²) < 4.78 is 5.49. The molecule has 3 amide bonds. The topological polar surface area (TPSA) is 79.0 Å². The van der Waals surface area contributed by atoms with Crippen molar-refractivity contribution in [1.82, 2.24) is 9.80 Å². The molecule has 1 atom stereocenters. The molecule has 0 saturated carbocycles. The van der Waals surface area contributed by atoms with Crippen molar-refractivity contribution < 1.29 is 19.1 Å². The third-order valence-corrected chi connectivity index (χ3v) is 5.85. The van der Waals surface area contributed by atoms with Gasteiger partial charge in [-0.15, -0.1) is 0 Å². The van der Waals surface area contributed by atoms with Crippen molar-refractivity contribution in [1.29, 1.82) is 0 Å². The highest BCUT2D eigenvalue weighted by Gasteiger charge is 2.31. The predicted octanol–water partition coefficient (Wildman–Crippen LogP) is 2.71. The number of piperazine rings is 1. The van der Waals surface area contributed by atoms with Gasteiger partial charge in [0.15, 0.2) is 0 Å². The normalized spacial score (nSPS) is 18.7. The molecule has 2 aliphatic heterocycles. The number of benzene rings is 2. The van der Waals surface area contributed by atoms with Crippen LogP contribution in [0.25, 0.3) is 0 Å². The molecule has 0 radical (unpaired) electrons. The molecule has 4 rings (SSSR count). The Labute approximate surface area is 182 Å². The van der Waals surface area contributed by atoms with E-state index in [9.17, 15) is 14.4 Å². The number of anilines is 1. The van der Waals surface area contributed by atoms with Crippen LogP contribution in [0.3, 0.4) is 0 Å². The van der Waals surface area contributed by atoms with Gasteiger partial charge in [0.2, 0.25) is 0 Å². The molecule has 0 aromatic heterocycles. The first-order valence-corrected chi connectivity index (χ1v) is 10.7. The van der Waals surface area contributed by atoms with Gasteiger partial charge in [0.25, 0.3) is 17.7 Å². The second-order valence-electron chi connectivity index (χ2n) is 7.97. The summed E-state index contributed by atoms with van der Waals surface area (Å²) in [4.78, 5) is 41.6. The lowest BCUT2D eigenvalue weighted by Gasteiger charge is -2.35. The molecule has 2 saturated heterocycles. The summed E-state index contributed by atoms with van der Waals surface area (Å²) in [6.45, 7) is 4.52. The zero-order chi connectivity index (χ0) is 21.8. The molecule has 2 aromatic carbocycles. The summed E-state index contributed by atoms with van der Waals surface area (Å²) in [5.74, 6) is -0.278. The van der Waals surface area contributed by atoms with Crippen LogP contribution in [0.2, 0.25) is 0 Å². The lowest BCUT2D eigenvalue weighted by Crippen LogP contribution is -2.52. The van der Waals surface area contributed by atoms with Crippen LogP contribution in [0.15, 0.2) is 48.5 Å². The molecular formula is C24H27N3O4. The molecule has 0 aliphatic carbocycles. The molecular weight excluding hydrogens is 394 g/mol. The highest BCUT2D eigenvalue weighted by atomic mass is 16.5. The maximum absolute atomic E-state index is 13.0. The molecule has 1 N–H and O–H groups in total. The Balaban J connectivity index is 1.39. The van der Waals surface area contributed by atoms with E-state index in [0.29, 0.717) is 49.6 Å². The fraction of sp³-hybridized carbons (Fsp3) is 0.375. The van der Waals surface area contributed by atoms with Crippen molar-refractivity contribution in [3.8, 4) is 0 Å². The van der Waals surface area contributed by atoms with Crippen molar-refractivity contribution in [2.75, 3.05) is 38.1 Å². The van der Waals surface area contributed by atoms with Crippen molar-refractivity contribution >= 4 is 23.4 Å². The minimum absolute atomic E-state index is 0.0332. The molecule has 7 heteroatoms. The van der Waals surface area contributed by atoms with Gasteiger partial charge in [0.05, 0.1) is 0 Å². The molecule has 2 fully saturated rings. The first kappa shape index (κ1) is 21.1. The van der Waals surface area contributed by atoms with Gasteiger partial charge in [-0.3, -0.25) is 14.4 Å².